The van der Waals surface area contributed by atoms with Crippen molar-refractivity contribution in [3.63, 3.8) is 0 Å². The highest BCUT2D eigenvalue weighted by molar-refractivity contribution is 5.80. The molecule has 0 amide bonds. The Morgan fingerprint density at radius 1 is 1.09 bits per heavy atom. The fourth-order valence-electron chi connectivity index (χ4n) is 3.66. The summed E-state index contributed by atoms with van der Waals surface area (Å²) in [6.45, 7) is 4.87. The van der Waals surface area contributed by atoms with Crippen molar-refractivity contribution in [2.45, 2.75) is 32.4 Å². The van der Waals surface area contributed by atoms with E-state index in [1.54, 1.807) is 32.2 Å². The molecule has 1 aromatic carbocycles. The van der Waals surface area contributed by atoms with Crippen LogP contribution in [-0.2, 0) is 6.54 Å². The molecule has 0 aliphatic rings. The predicted molar refractivity (Wildman–Crippen MR) is 128 cm³/mol. The van der Waals surface area contributed by atoms with Gasteiger partial charge in [-0.05, 0) is 82.4 Å². The molecule has 172 valence electrons. The highest BCUT2D eigenvalue weighted by atomic mass is 19.1. The number of nitrogens with one attached hydrogen (secondary N) is 1. The molecule has 33 heavy (non-hydrogen) atoms. The third-order valence-electron chi connectivity index (χ3n) is 5.23. The van der Waals surface area contributed by atoms with E-state index < -0.39 is 5.60 Å². The van der Waals surface area contributed by atoms with Gasteiger partial charge in [-0.2, -0.15) is 0 Å². The molecule has 3 heterocycles. The van der Waals surface area contributed by atoms with Gasteiger partial charge in [0.1, 0.15) is 11.5 Å². The number of aromatic nitrogens is 4. The summed E-state index contributed by atoms with van der Waals surface area (Å²) < 4.78 is 15.6. The molecule has 7 nitrogen and oxygen atoms in total. The lowest BCUT2D eigenvalue weighted by Crippen LogP contribution is -2.23. The highest BCUT2D eigenvalue weighted by Crippen LogP contribution is 2.32. The maximum absolute atomic E-state index is 13.6. The van der Waals surface area contributed by atoms with Gasteiger partial charge in [0.05, 0.1) is 22.7 Å². The maximum Gasteiger partial charge on any atom is 0.223 e. The van der Waals surface area contributed by atoms with Gasteiger partial charge in [-0.25, -0.2) is 19.3 Å². The minimum absolute atomic E-state index is 0.294. The number of rotatable bonds is 8. The summed E-state index contributed by atoms with van der Waals surface area (Å²) in [7, 11) is 4.05. The van der Waals surface area contributed by atoms with Crippen LogP contribution < -0.4 is 5.32 Å². The molecular weight excluding hydrogens is 419 g/mol. The van der Waals surface area contributed by atoms with E-state index >= 15 is 0 Å². The van der Waals surface area contributed by atoms with Gasteiger partial charge in [0.15, 0.2) is 0 Å². The molecule has 3 aromatic heterocycles. The SMILES string of the molecule is CN(C)Cc1ccn2c(-c3ccnc(NCCC(C)(C)O)n3)c(-c3ccc(F)cc3)nc2c1. The van der Waals surface area contributed by atoms with E-state index in [4.69, 9.17) is 9.97 Å². The molecule has 8 heteroatoms. The van der Waals surface area contributed by atoms with Crippen LogP contribution in [0.2, 0.25) is 0 Å². The quantitative estimate of drug-likeness (QED) is 0.420. The monoisotopic (exact) mass is 448 g/mol. The van der Waals surface area contributed by atoms with Gasteiger partial charge < -0.3 is 15.3 Å². The molecule has 4 rings (SSSR count). The van der Waals surface area contributed by atoms with E-state index in [0.717, 1.165) is 34.7 Å². The van der Waals surface area contributed by atoms with Crippen molar-refractivity contribution in [2.75, 3.05) is 26.0 Å². The molecule has 0 bridgehead atoms. The van der Waals surface area contributed by atoms with Gasteiger partial charge in [-0.15, -0.1) is 0 Å². The van der Waals surface area contributed by atoms with Crippen LogP contribution in [-0.4, -0.2) is 55.6 Å². The molecule has 0 spiro atoms. The van der Waals surface area contributed by atoms with Crippen molar-refractivity contribution >= 4 is 11.6 Å². The molecule has 0 aliphatic carbocycles. The predicted octanol–water partition coefficient (Wildman–Crippen LogP) is 4.23. The van der Waals surface area contributed by atoms with Crippen LogP contribution in [0, 0.1) is 5.82 Å². The smallest absolute Gasteiger partial charge is 0.223 e. The molecule has 4 aromatic rings. The third-order valence-corrected chi connectivity index (χ3v) is 5.23. The van der Waals surface area contributed by atoms with Crippen LogP contribution in [0.3, 0.4) is 0 Å². The Balaban J connectivity index is 1.79. The average molecular weight is 449 g/mol. The minimum Gasteiger partial charge on any atom is -0.390 e. The minimum atomic E-state index is -0.772. The topological polar surface area (TPSA) is 78.6 Å². The molecule has 0 saturated carbocycles. The summed E-state index contributed by atoms with van der Waals surface area (Å²) in [5, 5.41) is 13.1. The Bertz CT molecular complexity index is 1240. The lowest BCUT2D eigenvalue weighted by atomic mass is 10.1. The lowest BCUT2D eigenvalue weighted by molar-refractivity contribution is 0.0748. The molecule has 0 aliphatic heterocycles. The first-order valence-electron chi connectivity index (χ1n) is 10.9. The highest BCUT2D eigenvalue weighted by Gasteiger charge is 2.19. The number of benzene rings is 1. The van der Waals surface area contributed by atoms with Crippen molar-refractivity contribution < 1.29 is 9.50 Å². The molecule has 0 radical (unpaired) electrons. The first-order chi connectivity index (χ1) is 15.7. The number of imidazole rings is 1. The van der Waals surface area contributed by atoms with Gasteiger partial charge in [-0.3, -0.25) is 4.40 Å². The summed E-state index contributed by atoms with van der Waals surface area (Å²) >= 11 is 0. The van der Waals surface area contributed by atoms with Crippen LogP contribution >= 0.6 is 0 Å². The summed E-state index contributed by atoms with van der Waals surface area (Å²) in [6, 6.07) is 12.3. The Labute approximate surface area is 193 Å². The number of fused-ring (bicyclic) bond motifs is 1. The fraction of sp³-hybridized carbons (Fsp3) is 0.320. The standard InChI is InChI=1S/C25H29FN6O/c1-25(2,33)11-13-28-24-27-12-9-20(29-24)23-22(18-5-7-19(26)8-6-18)30-21-15-17(16-31(3)4)10-14-32(21)23/h5-10,12,14-15,33H,11,13,16H2,1-4H3,(H,27,28,29). The zero-order chi connectivity index (χ0) is 23.6. The Morgan fingerprint density at radius 3 is 2.55 bits per heavy atom. The fourth-order valence-corrected chi connectivity index (χ4v) is 3.66. The maximum atomic E-state index is 13.6. The van der Waals surface area contributed by atoms with Crippen LogP contribution in [0.1, 0.15) is 25.8 Å². The molecule has 0 atom stereocenters. The van der Waals surface area contributed by atoms with Crippen molar-refractivity contribution in [3.05, 3.63) is 66.2 Å². The number of nitrogens with zero attached hydrogens (tertiary/aromatic N) is 5. The van der Waals surface area contributed by atoms with E-state index in [2.05, 4.69) is 27.3 Å². The second-order valence-corrected chi connectivity index (χ2v) is 9.07. The van der Waals surface area contributed by atoms with Crippen molar-refractivity contribution in [1.82, 2.24) is 24.3 Å². The van der Waals surface area contributed by atoms with Gasteiger partial charge >= 0.3 is 0 Å². The van der Waals surface area contributed by atoms with Gasteiger partial charge in [0.2, 0.25) is 5.95 Å². The van der Waals surface area contributed by atoms with Crippen molar-refractivity contribution in [2.24, 2.45) is 0 Å². The van der Waals surface area contributed by atoms with E-state index in [0.29, 0.717) is 24.6 Å². The second-order valence-electron chi connectivity index (χ2n) is 9.07. The normalized spacial score (nSPS) is 12.0. The Hall–Kier alpha value is -3.36. The van der Waals surface area contributed by atoms with Gasteiger partial charge in [0.25, 0.3) is 0 Å². The lowest BCUT2D eigenvalue weighted by Gasteiger charge is -2.17. The largest absolute Gasteiger partial charge is 0.390 e. The number of anilines is 1. The van der Waals surface area contributed by atoms with Crippen LogP contribution in [0.5, 0.6) is 0 Å². The molecule has 0 saturated heterocycles. The number of hydrogen-bond donors (Lipinski definition) is 2. The van der Waals surface area contributed by atoms with Crippen molar-refractivity contribution in [1.29, 1.82) is 0 Å². The zero-order valence-corrected chi connectivity index (χ0v) is 19.4. The second kappa shape index (κ2) is 9.25. The number of aliphatic hydroxyl groups is 1. The molecule has 0 fully saturated rings. The summed E-state index contributed by atoms with van der Waals surface area (Å²) in [4.78, 5) is 16.0. The van der Waals surface area contributed by atoms with Gasteiger partial charge in [-0.1, -0.05) is 0 Å². The first kappa shape index (κ1) is 22.8. The number of halogens is 1. The van der Waals surface area contributed by atoms with E-state index in [9.17, 15) is 9.50 Å². The number of hydrogen-bond acceptors (Lipinski definition) is 6. The van der Waals surface area contributed by atoms with E-state index in [1.165, 1.54) is 12.1 Å². The number of pyridine rings is 1. The summed E-state index contributed by atoms with van der Waals surface area (Å²) in [5.41, 5.74) is 4.19. The molecular formula is C25H29FN6O. The van der Waals surface area contributed by atoms with Crippen LogP contribution in [0.15, 0.2) is 54.9 Å². The van der Waals surface area contributed by atoms with Crippen LogP contribution in [0.4, 0.5) is 10.3 Å². The van der Waals surface area contributed by atoms with Gasteiger partial charge in [0, 0.05) is 31.0 Å². The van der Waals surface area contributed by atoms with Crippen LogP contribution in [0.25, 0.3) is 28.3 Å². The Kier molecular flexibility index (Phi) is 6.40. The third kappa shape index (κ3) is 5.53. The summed E-state index contributed by atoms with van der Waals surface area (Å²) in [6.07, 6.45) is 4.25. The Morgan fingerprint density at radius 2 is 1.85 bits per heavy atom. The zero-order valence-electron chi connectivity index (χ0n) is 19.4. The van der Waals surface area contributed by atoms with Crippen molar-refractivity contribution in [3.8, 4) is 22.6 Å². The average Bonchev–Trinajstić information content (AvgIpc) is 3.12. The summed E-state index contributed by atoms with van der Waals surface area (Å²) in [5.74, 6) is 0.179. The molecule has 0 unspecified atom stereocenters. The molecule has 2 N–H and O–H groups in total. The van der Waals surface area contributed by atoms with E-state index in [-0.39, 0.29) is 5.82 Å². The van der Waals surface area contributed by atoms with E-state index in [1.807, 2.05) is 30.8 Å². The first-order valence-corrected chi connectivity index (χ1v) is 10.9.